The third kappa shape index (κ3) is 10.1. The van der Waals surface area contributed by atoms with Crippen LogP contribution < -0.4 is 10.7 Å². The molecule has 64 heavy (non-hydrogen) atoms. The van der Waals surface area contributed by atoms with Crippen molar-refractivity contribution in [2.45, 2.75) is 85.5 Å². The summed E-state index contributed by atoms with van der Waals surface area (Å²) in [5.74, 6) is -2.04. The summed E-state index contributed by atoms with van der Waals surface area (Å²) in [4.78, 5) is 66.3. The molecular weight excluding hydrogens is 813 g/mol. The van der Waals surface area contributed by atoms with Crippen LogP contribution in [0.3, 0.4) is 0 Å². The molecule has 3 atom stereocenters. The molecule has 15 nitrogen and oxygen atoms in total. The van der Waals surface area contributed by atoms with Gasteiger partial charge in [0, 0.05) is 94.2 Å². The fourth-order valence-corrected chi connectivity index (χ4v) is 9.65. The maximum Gasteiger partial charge on any atom is 0.324 e. The number of likely N-dealkylation sites (N-methyl/N-ethyl adjacent to an activating group) is 2. The van der Waals surface area contributed by atoms with Gasteiger partial charge in [0.05, 0.1) is 24.8 Å². The molecule has 6 bridgehead atoms. The summed E-state index contributed by atoms with van der Waals surface area (Å²) in [5.41, 5.74) is 10.2. The van der Waals surface area contributed by atoms with Crippen LogP contribution in [-0.4, -0.2) is 137 Å². The third-order valence-electron chi connectivity index (χ3n) is 13.0. The van der Waals surface area contributed by atoms with Gasteiger partial charge in [-0.2, -0.15) is 0 Å². The highest BCUT2D eigenvalue weighted by Crippen LogP contribution is 2.41. The molecule has 0 spiro atoms. The lowest BCUT2D eigenvalue weighted by Crippen LogP contribution is -2.59. The van der Waals surface area contributed by atoms with Crippen molar-refractivity contribution in [1.82, 2.24) is 40.0 Å². The van der Waals surface area contributed by atoms with Crippen molar-refractivity contribution in [3.63, 3.8) is 0 Å². The number of phenolic OH excluding ortho intramolecular Hbond substituents is 1. The molecule has 344 valence electrons. The number of hydrazine groups is 1. The molecule has 0 saturated carbocycles. The minimum absolute atomic E-state index is 0.0358. The van der Waals surface area contributed by atoms with E-state index in [1.807, 2.05) is 39.2 Å². The normalized spacial score (nSPS) is 20.2. The minimum Gasteiger partial charge on any atom is -0.508 e. The van der Waals surface area contributed by atoms with Crippen molar-refractivity contribution in [3.05, 3.63) is 71.5 Å². The van der Waals surface area contributed by atoms with Crippen LogP contribution in [0.1, 0.15) is 64.2 Å². The first-order valence-electron chi connectivity index (χ1n) is 22.7. The van der Waals surface area contributed by atoms with Crippen LogP contribution in [0.2, 0.25) is 0 Å². The number of fused-ring (bicyclic) bond motifs is 6. The number of phenols is 1. The lowest BCUT2D eigenvalue weighted by atomic mass is 9.84. The Morgan fingerprint density at radius 2 is 1.83 bits per heavy atom. The SMILES string of the molecule is CCn1c(-c2cnccc2COC)c2c3cc(ccc31)-c1cc(O)cc(c1)C[C@H](CNC(=O)[C@H](C(C)C)N(C)C(=O)N1CCN(C)CC1)C(=O)N1CCC[C@H](N1)C(=O)OCC(C)(C)C2. The molecule has 3 aliphatic rings. The second kappa shape index (κ2) is 19.7. The number of carbonyl (C=O) groups is 4. The van der Waals surface area contributed by atoms with Gasteiger partial charge in [-0.1, -0.05) is 39.8 Å². The van der Waals surface area contributed by atoms with Gasteiger partial charge in [0.15, 0.2) is 0 Å². The van der Waals surface area contributed by atoms with Gasteiger partial charge in [-0.05, 0) is 104 Å². The van der Waals surface area contributed by atoms with Crippen LogP contribution in [0.5, 0.6) is 5.75 Å². The number of rotatable bonds is 9. The number of hydrogen-bond acceptors (Lipinski definition) is 10. The van der Waals surface area contributed by atoms with Crippen molar-refractivity contribution in [3.8, 4) is 28.1 Å². The fourth-order valence-electron chi connectivity index (χ4n) is 9.65. The van der Waals surface area contributed by atoms with Crippen LogP contribution in [0, 0.1) is 17.3 Å². The number of pyridine rings is 1. The van der Waals surface area contributed by atoms with E-state index in [0.29, 0.717) is 57.6 Å². The first kappa shape index (κ1) is 46.5. The number of hydrogen-bond donors (Lipinski definition) is 3. The van der Waals surface area contributed by atoms with Crippen LogP contribution in [0.15, 0.2) is 54.9 Å². The van der Waals surface area contributed by atoms with Gasteiger partial charge in [-0.3, -0.25) is 24.4 Å². The maximum absolute atomic E-state index is 14.6. The Bertz CT molecular complexity index is 2350. The summed E-state index contributed by atoms with van der Waals surface area (Å²) in [6.45, 7) is 14.3. The van der Waals surface area contributed by atoms with Crippen molar-refractivity contribution in [1.29, 1.82) is 0 Å². The largest absolute Gasteiger partial charge is 0.508 e. The summed E-state index contributed by atoms with van der Waals surface area (Å²) < 4.78 is 14.0. The predicted molar refractivity (Wildman–Crippen MR) is 246 cm³/mol. The number of aromatic nitrogens is 2. The summed E-state index contributed by atoms with van der Waals surface area (Å²) in [6, 6.07) is 12.0. The lowest BCUT2D eigenvalue weighted by Gasteiger charge is -2.38. The number of amides is 4. The number of carbonyl (C=O) groups excluding carboxylic acids is 4. The number of urea groups is 1. The zero-order chi connectivity index (χ0) is 45.9. The van der Waals surface area contributed by atoms with E-state index in [2.05, 4.69) is 64.2 Å². The summed E-state index contributed by atoms with van der Waals surface area (Å²) in [6.07, 6.45) is 5.48. The quantitative estimate of drug-likeness (QED) is 0.184. The molecule has 5 heterocycles. The molecule has 2 aromatic heterocycles. The van der Waals surface area contributed by atoms with E-state index >= 15 is 0 Å². The topological polar surface area (TPSA) is 162 Å². The average Bonchev–Trinajstić information content (AvgIpc) is 3.57. The number of benzene rings is 2. The number of nitrogens with one attached hydrogen (secondary N) is 2. The minimum atomic E-state index is -0.791. The van der Waals surface area contributed by atoms with Crippen molar-refractivity contribution >= 4 is 34.7 Å². The van der Waals surface area contributed by atoms with Crippen molar-refractivity contribution < 1.29 is 33.8 Å². The monoisotopic (exact) mass is 879 g/mol. The number of piperazine rings is 1. The van der Waals surface area contributed by atoms with E-state index in [4.69, 9.17) is 9.47 Å². The van der Waals surface area contributed by atoms with E-state index in [1.165, 1.54) is 9.91 Å². The predicted octanol–water partition coefficient (Wildman–Crippen LogP) is 5.46. The van der Waals surface area contributed by atoms with Gasteiger partial charge in [-0.15, -0.1) is 0 Å². The molecule has 7 rings (SSSR count). The summed E-state index contributed by atoms with van der Waals surface area (Å²) >= 11 is 0. The number of aromatic hydroxyl groups is 1. The molecule has 3 aliphatic heterocycles. The van der Waals surface area contributed by atoms with Gasteiger partial charge < -0.3 is 39.2 Å². The highest BCUT2D eigenvalue weighted by atomic mass is 16.5. The molecule has 2 fully saturated rings. The van der Waals surface area contributed by atoms with Gasteiger partial charge in [-0.25, -0.2) is 10.2 Å². The molecule has 0 unspecified atom stereocenters. The second-order valence-electron chi connectivity index (χ2n) is 18.9. The third-order valence-corrected chi connectivity index (χ3v) is 13.0. The van der Waals surface area contributed by atoms with Gasteiger partial charge in [0.1, 0.15) is 17.8 Å². The standard InChI is InChI=1S/C49H66N8O7/c1-9-56-42-13-12-33-25-38(42)39(44(56)40-28-50-15-14-34(40)29-63-8)26-49(4,5)30-64-47(61)41-11-10-16-57(52-41)46(60)36(22-32-21-35(33)24-37(58)23-32)27-51-45(59)43(31(2)3)54(7)48(62)55-19-17-53(6)18-20-55/h12-15,21,23-25,28,31,36,41,43,52,58H,9-11,16-20,22,26-27,29-30H2,1-8H3,(H,51,59)/t36-,41+,43+/m1/s1. The van der Waals surface area contributed by atoms with Crippen molar-refractivity contribution in [2.75, 3.05) is 67.1 Å². The molecular formula is C49H66N8O7. The van der Waals surface area contributed by atoms with E-state index in [9.17, 15) is 24.3 Å². The number of cyclic esters (lactones) is 1. The number of ether oxygens (including phenoxy) is 2. The molecule has 15 heteroatoms. The van der Waals surface area contributed by atoms with Crippen LogP contribution in [0.25, 0.3) is 33.3 Å². The zero-order valence-corrected chi connectivity index (χ0v) is 38.8. The van der Waals surface area contributed by atoms with E-state index in [0.717, 1.165) is 57.5 Å². The lowest BCUT2D eigenvalue weighted by molar-refractivity contribution is -0.155. The summed E-state index contributed by atoms with van der Waals surface area (Å²) in [7, 11) is 5.37. The first-order chi connectivity index (χ1) is 30.6. The van der Waals surface area contributed by atoms with E-state index in [-0.39, 0.29) is 49.1 Å². The number of aryl methyl sites for hydroxylation is 1. The Morgan fingerprint density at radius 1 is 1.06 bits per heavy atom. The molecule has 0 radical (unpaired) electrons. The zero-order valence-electron chi connectivity index (χ0n) is 38.8. The molecule has 4 aromatic rings. The average molecular weight is 879 g/mol. The molecule has 0 aliphatic carbocycles. The fraction of sp³-hybridized carbons (Fsp3) is 0.531. The Balaban J connectivity index is 1.28. The van der Waals surface area contributed by atoms with Crippen LogP contribution in [-0.2, 0) is 49.9 Å². The maximum atomic E-state index is 14.6. The Kier molecular flexibility index (Phi) is 14.3. The molecule has 3 N–H and O–H groups in total. The number of esters is 1. The van der Waals surface area contributed by atoms with E-state index < -0.39 is 29.4 Å². The van der Waals surface area contributed by atoms with Crippen LogP contribution >= 0.6 is 0 Å². The number of methoxy groups -OCH3 is 1. The second-order valence-corrected chi connectivity index (χ2v) is 18.9. The Morgan fingerprint density at radius 3 is 2.55 bits per heavy atom. The van der Waals surface area contributed by atoms with Gasteiger partial charge >= 0.3 is 12.0 Å². The smallest absolute Gasteiger partial charge is 0.324 e. The number of nitrogens with zero attached hydrogens (tertiary/aromatic N) is 6. The molecule has 2 saturated heterocycles. The van der Waals surface area contributed by atoms with Crippen LogP contribution in [0.4, 0.5) is 4.79 Å². The first-order valence-corrected chi connectivity index (χ1v) is 22.7. The highest BCUT2D eigenvalue weighted by molar-refractivity contribution is 5.95. The van der Waals surface area contributed by atoms with Crippen molar-refractivity contribution in [2.24, 2.45) is 17.3 Å². The molecule has 4 amide bonds. The summed E-state index contributed by atoms with van der Waals surface area (Å²) in [5, 5.41) is 16.8. The Labute approximate surface area is 377 Å². The van der Waals surface area contributed by atoms with Gasteiger partial charge in [0.2, 0.25) is 11.8 Å². The highest BCUT2D eigenvalue weighted by Gasteiger charge is 2.37. The Hall–Kier alpha value is -5.51. The molecule has 2 aromatic carbocycles. The van der Waals surface area contributed by atoms with Gasteiger partial charge in [0.25, 0.3) is 0 Å². The van der Waals surface area contributed by atoms with E-state index in [1.54, 1.807) is 37.4 Å².